The quantitative estimate of drug-likeness (QED) is 0.834. The molecule has 0 bridgehead atoms. The molecule has 1 aliphatic carbocycles. The molecule has 5 heteroatoms. The third-order valence-electron chi connectivity index (χ3n) is 6.86. The Morgan fingerprint density at radius 1 is 1.00 bits per heavy atom. The van der Waals surface area contributed by atoms with Crippen LogP contribution >= 0.6 is 0 Å². The minimum absolute atomic E-state index is 0.0187. The molecule has 156 valence electrons. The number of fused-ring (bicyclic) bond motifs is 1. The van der Waals surface area contributed by atoms with Gasteiger partial charge in [-0.25, -0.2) is 0 Å². The highest BCUT2D eigenvalue weighted by atomic mass is 16.2. The number of hydrogen-bond donors (Lipinski definition) is 1. The van der Waals surface area contributed by atoms with Crippen LogP contribution < -0.4 is 15.1 Å². The van der Waals surface area contributed by atoms with E-state index in [1.54, 1.807) is 4.90 Å². The van der Waals surface area contributed by atoms with Gasteiger partial charge < -0.3 is 15.1 Å². The number of para-hydroxylation sites is 1. The van der Waals surface area contributed by atoms with Gasteiger partial charge in [-0.1, -0.05) is 24.3 Å². The number of benzene rings is 2. The monoisotopic (exact) mass is 403 g/mol. The van der Waals surface area contributed by atoms with Crippen molar-refractivity contribution in [3.05, 3.63) is 59.7 Å². The van der Waals surface area contributed by atoms with Crippen molar-refractivity contribution in [2.75, 3.05) is 36.0 Å². The van der Waals surface area contributed by atoms with Crippen LogP contribution in [0.1, 0.15) is 30.4 Å². The smallest absolute Gasteiger partial charge is 0.227 e. The van der Waals surface area contributed by atoms with Crippen LogP contribution in [0.3, 0.4) is 0 Å². The Morgan fingerprint density at radius 2 is 1.83 bits per heavy atom. The average molecular weight is 404 g/mol. The van der Waals surface area contributed by atoms with Gasteiger partial charge in [0.15, 0.2) is 0 Å². The van der Waals surface area contributed by atoms with Gasteiger partial charge in [0.1, 0.15) is 0 Å². The van der Waals surface area contributed by atoms with E-state index < -0.39 is 0 Å². The number of anilines is 2. The van der Waals surface area contributed by atoms with E-state index in [4.69, 9.17) is 0 Å². The van der Waals surface area contributed by atoms with E-state index in [9.17, 15) is 9.59 Å². The number of aryl methyl sites for hydroxylation is 2. The zero-order chi connectivity index (χ0) is 20.5. The van der Waals surface area contributed by atoms with Crippen molar-refractivity contribution in [3.63, 3.8) is 0 Å². The molecule has 30 heavy (non-hydrogen) atoms. The first-order valence-electron chi connectivity index (χ1n) is 11.2. The number of amides is 2. The minimum atomic E-state index is -0.252. The Morgan fingerprint density at radius 3 is 2.70 bits per heavy atom. The van der Waals surface area contributed by atoms with Crippen molar-refractivity contribution in [2.24, 2.45) is 11.8 Å². The molecule has 0 spiro atoms. The maximum atomic E-state index is 12.8. The molecule has 3 aliphatic rings. The van der Waals surface area contributed by atoms with E-state index in [2.05, 4.69) is 46.6 Å². The Hall–Kier alpha value is -2.82. The molecule has 2 fully saturated rings. The fourth-order valence-corrected chi connectivity index (χ4v) is 5.12. The van der Waals surface area contributed by atoms with Gasteiger partial charge >= 0.3 is 0 Å². The molecule has 2 atom stereocenters. The molecule has 2 aliphatic heterocycles. The van der Waals surface area contributed by atoms with Crippen LogP contribution in [0.15, 0.2) is 48.5 Å². The molecule has 2 aromatic carbocycles. The molecule has 5 rings (SSSR count). The van der Waals surface area contributed by atoms with E-state index in [1.807, 2.05) is 12.1 Å². The first kappa shape index (κ1) is 19.2. The fourth-order valence-electron chi connectivity index (χ4n) is 5.12. The van der Waals surface area contributed by atoms with Crippen LogP contribution in [-0.2, 0) is 22.4 Å². The lowest BCUT2D eigenvalue weighted by molar-refractivity contribution is -0.126. The van der Waals surface area contributed by atoms with Crippen molar-refractivity contribution in [3.8, 4) is 0 Å². The molecular formula is C25H29N3O2. The summed E-state index contributed by atoms with van der Waals surface area (Å²) in [7, 11) is 0. The molecule has 1 N–H and O–H groups in total. The number of carbonyl (C=O) groups is 2. The molecule has 0 aromatic heterocycles. The van der Waals surface area contributed by atoms with Crippen LogP contribution in [0.25, 0.3) is 0 Å². The first-order chi connectivity index (χ1) is 14.7. The van der Waals surface area contributed by atoms with Gasteiger partial charge in [-0.05, 0) is 67.0 Å². The molecule has 2 saturated heterocycles. The van der Waals surface area contributed by atoms with Gasteiger partial charge in [-0.3, -0.25) is 9.59 Å². The SMILES string of the molecule is O=C(NCC1CCN(c2ccccc2)C1)C1CC(=O)N(c2ccc3c(c2)CCC3)C1. The minimum Gasteiger partial charge on any atom is -0.371 e. The second-order valence-electron chi connectivity index (χ2n) is 8.89. The third kappa shape index (κ3) is 3.81. The van der Waals surface area contributed by atoms with Crippen molar-refractivity contribution in [2.45, 2.75) is 32.1 Å². The Balaban J connectivity index is 1.14. The summed E-state index contributed by atoms with van der Waals surface area (Å²) in [6.07, 6.45) is 4.82. The van der Waals surface area contributed by atoms with E-state index in [1.165, 1.54) is 23.2 Å². The van der Waals surface area contributed by atoms with E-state index in [0.717, 1.165) is 38.0 Å². The number of carbonyl (C=O) groups excluding carboxylic acids is 2. The lowest BCUT2D eigenvalue weighted by Crippen LogP contribution is -2.36. The highest BCUT2D eigenvalue weighted by molar-refractivity contribution is 6.00. The van der Waals surface area contributed by atoms with Gasteiger partial charge in [-0.2, -0.15) is 0 Å². The maximum absolute atomic E-state index is 12.8. The van der Waals surface area contributed by atoms with E-state index in [0.29, 0.717) is 25.4 Å². The van der Waals surface area contributed by atoms with Crippen molar-refractivity contribution < 1.29 is 9.59 Å². The molecule has 0 saturated carbocycles. The van der Waals surface area contributed by atoms with Crippen LogP contribution in [0.2, 0.25) is 0 Å². The second kappa shape index (κ2) is 8.13. The van der Waals surface area contributed by atoms with Gasteiger partial charge in [-0.15, -0.1) is 0 Å². The lowest BCUT2D eigenvalue weighted by Gasteiger charge is -2.19. The number of nitrogens with one attached hydrogen (secondary N) is 1. The maximum Gasteiger partial charge on any atom is 0.227 e. The third-order valence-corrected chi connectivity index (χ3v) is 6.86. The standard InChI is InChI=1S/C25H29N3O2/c29-24-14-21(17-28(24)23-10-9-19-5-4-6-20(19)13-23)25(30)26-15-18-11-12-27(16-18)22-7-2-1-3-8-22/h1-3,7-10,13,18,21H,4-6,11-12,14-17H2,(H,26,30). The first-order valence-corrected chi connectivity index (χ1v) is 11.2. The van der Waals surface area contributed by atoms with Gasteiger partial charge in [0, 0.05) is 44.0 Å². The summed E-state index contributed by atoms with van der Waals surface area (Å²) in [4.78, 5) is 29.5. The van der Waals surface area contributed by atoms with Crippen LogP contribution in [0.5, 0.6) is 0 Å². The summed E-state index contributed by atoms with van der Waals surface area (Å²) >= 11 is 0. The van der Waals surface area contributed by atoms with Crippen molar-refractivity contribution in [1.82, 2.24) is 5.32 Å². The molecule has 2 amide bonds. The van der Waals surface area contributed by atoms with E-state index in [-0.39, 0.29) is 17.7 Å². The highest BCUT2D eigenvalue weighted by Crippen LogP contribution is 2.31. The second-order valence-corrected chi connectivity index (χ2v) is 8.89. The Labute approximate surface area is 178 Å². The molecular weight excluding hydrogens is 374 g/mol. The Kier molecular flexibility index (Phi) is 5.19. The van der Waals surface area contributed by atoms with Crippen LogP contribution in [0, 0.1) is 11.8 Å². The molecule has 2 unspecified atom stereocenters. The summed E-state index contributed by atoms with van der Waals surface area (Å²) in [5.41, 5.74) is 4.96. The number of rotatable bonds is 5. The fraction of sp³-hybridized carbons (Fsp3) is 0.440. The molecule has 2 heterocycles. The number of nitrogens with zero attached hydrogens (tertiary/aromatic N) is 2. The van der Waals surface area contributed by atoms with Gasteiger partial charge in [0.2, 0.25) is 11.8 Å². The largest absolute Gasteiger partial charge is 0.371 e. The normalized spacial score (nSPS) is 23.1. The summed E-state index contributed by atoms with van der Waals surface area (Å²) in [6.45, 7) is 3.17. The van der Waals surface area contributed by atoms with Gasteiger partial charge in [0.05, 0.1) is 5.92 Å². The lowest BCUT2D eigenvalue weighted by atomic mass is 10.1. The van der Waals surface area contributed by atoms with Gasteiger partial charge in [0.25, 0.3) is 0 Å². The average Bonchev–Trinajstić information content (AvgIpc) is 3.51. The highest BCUT2D eigenvalue weighted by Gasteiger charge is 2.36. The zero-order valence-electron chi connectivity index (χ0n) is 17.3. The van der Waals surface area contributed by atoms with E-state index >= 15 is 0 Å². The topological polar surface area (TPSA) is 52.7 Å². The zero-order valence-corrected chi connectivity index (χ0v) is 17.3. The molecule has 0 radical (unpaired) electrons. The summed E-state index contributed by atoms with van der Waals surface area (Å²) in [5.74, 6) is 0.283. The summed E-state index contributed by atoms with van der Waals surface area (Å²) in [6, 6.07) is 16.8. The van der Waals surface area contributed by atoms with Crippen molar-refractivity contribution in [1.29, 1.82) is 0 Å². The number of hydrogen-bond acceptors (Lipinski definition) is 3. The summed E-state index contributed by atoms with van der Waals surface area (Å²) in [5, 5.41) is 3.13. The molecule has 5 nitrogen and oxygen atoms in total. The summed E-state index contributed by atoms with van der Waals surface area (Å²) < 4.78 is 0. The molecule has 2 aromatic rings. The van der Waals surface area contributed by atoms with Crippen molar-refractivity contribution >= 4 is 23.2 Å². The van der Waals surface area contributed by atoms with Crippen LogP contribution in [0.4, 0.5) is 11.4 Å². The van der Waals surface area contributed by atoms with Crippen LogP contribution in [-0.4, -0.2) is 38.0 Å². The predicted molar refractivity (Wildman–Crippen MR) is 119 cm³/mol. The predicted octanol–water partition coefficient (Wildman–Crippen LogP) is 3.17. The Bertz CT molecular complexity index is 943.